The highest BCUT2D eigenvalue weighted by molar-refractivity contribution is 7.92. The van der Waals surface area contributed by atoms with E-state index < -0.39 is 15.8 Å². The van der Waals surface area contributed by atoms with E-state index in [9.17, 15) is 17.6 Å². The third-order valence-corrected chi connectivity index (χ3v) is 5.86. The minimum atomic E-state index is -3.96. The van der Waals surface area contributed by atoms with Crippen molar-refractivity contribution in [3.05, 3.63) is 77.4 Å². The van der Waals surface area contributed by atoms with E-state index in [-0.39, 0.29) is 22.1 Å². The number of carbonyl (C=O) groups excluding carboxylic acids is 1. The number of nitrogens with one attached hydrogen (secondary N) is 2. The zero-order valence-electron chi connectivity index (χ0n) is 16.7. The molecule has 1 amide bonds. The summed E-state index contributed by atoms with van der Waals surface area (Å²) in [7, 11) is -3.96. The molecule has 0 atom stereocenters. The number of rotatable bonds is 8. The number of carbonyl (C=O) groups is 1. The molecule has 158 valence electrons. The minimum Gasteiger partial charge on any atom is -0.352 e. The largest absolute Gasteiger partial charge is 0.352 e. The predicted molar refractivity (Wildman–Crippen MR) is 112 cm³/mol. The fourth-order valence-corrected chi connectivity index (χ4v) is 4.09. The molecule has 0 aliphatic carbocycles. The Morgan fingerprint density at radius 1 is 1.10 bits per heavy atom. The Bertz CT molecular complexity index is 1140. The number of aromatic nitrogens is 2. The van der Waals surface area contributed by atoms with Gasteiger partial charge < -0.3 is 5.32 Å². The van der Waals surface area contributed by atoms with Crippen LogP contribution >= 0.6 is 0 Å². The molecular formula is C21H23FN4O3S. The standard InChI is InChI=1S/C21H23FN4O3S/c1-15-14-16(2)26(24-15)13-5-12-23-21(27)19-6-3-4-7-20(19)25-30(28,29)18-10-8-17(22)9-11-18/h3-4,6-11,14,25H,5,12-13H2,1-2H3,(H,23,27). The van der Waals surface area contributed by atoms with E-state index in [1.54, 1.807) is 18.2 Å². The van der Waals surface area contributed by atoms with Crippen molar-refractivity contribution in [3.63, 3.8) is 0 Å². The summed E-state index contributed by atoms with van der Waals surface area (Å²) >= 11 is 0. The number of halogens is 1. The van der Waals surface area contributed by atoms with Crippen LogP contribution in [0.2, 0.25) is 0 Å². The van der Waals surface area contributed by atoms with Gasteiger partial charge in [-0.3, -0.25) is 14.2 Å². The molecule has 9 heteroatoms. The molecule has 0 aliphatic heterocycles. The molecule has 2 N–H and O–H groups in total. The lowest BCUT2D eigenvalue weighted by molar-refractivity contribution is 0.0953. The third-order valence-electron chi connectivity index (χ3n) is 4.48. The van der Waals surface area contributed by atoms with E-state index in [2.05, 4.69) is 15.1 Å². The van der Waals surface area contributed by atoms with E-state index in [4.69, 9.17) is 0 Å². The summed E-state index contributed by atoms with van der Waals surface area (Å²) in [5.41, 5.74) is 2.35. The Balaban J connectivity index is 1.64. The fraction of sp³-hybridized carbons (Fsp3) is 0.238. The number of amides is 1. The number of hydrogen-bond acceptors (Lipinski definition) is 4. The maximum atomic E-state index is 13.1. The van der Waals surface area contributed by atoms with Gasteiger partial charge in [0.2, 0.25) is 0 Å². The molecule has 0 aliphatic rings. The molecule has 1 heterocycles. The Morgan fingerprint density at radius 2 is 1.80 bits per heavy atom. The van der Waals surface area contributed by atoms with Crippen molar-refractivity contribution in [3.8, 4) is 0 Å². The quantitative estimate of drug-likeness (QED) is 0.537. The second-order valence-corrected chi connectivity index (χ2v) is 8.55. The van der Waals surface area contributed by atoms with E-state index in [1.165, 1.54) is 18.2 Å². The van der Waals surface area contributed by atoms with Crippen LogP contribution in [0, 0.1) is 19.7 Å². The van der Waals surface area contributed by atoms with Crippen LogP contribution in [0.1, 0.15) is 28.2 Å². The zero-order chi connectivity index (χ0) is 21.7. The molecule has 2 aromatic carbocycles. The number of aryl methyl sites for hydroxylation is 3. The lowest BCUT2D eigenvalue weighted by Crippen LogP contribution is -2.27. The second kappa shape index (κ2) is 9.08. The van der Waals surface area contributed by atoms with E-state index in [1.807, 2.05) is 24.6 Å². The van der Waals surface area contributed by atoms with E-state index in [0.717, 1.165) is 23.5 Å². The molecule has 3 rings (SSSR count). The van der Waals surface area contributed by atoms with Crippen LogP contribution in [0.15, 0.2) is 59.5 Å². The van der Waals surface area contributed by atoms with Gasteiger partial charge in [0.05, 0.1) is 21.8 Å². The first-order chi connectivity index (χ1) is 14.3. The fourth-order valence-electron chi connectivity index (χ4n) is 3.01. The topological polar surface area (TPSA) is 93.1 Å². The van der Waals surface area contributed by atoms with Gasteiger partial charge in [0.15, 0.2) is 0 Å². The molecule has 0 saturated carbocycles. The smallest absolute Gasteiger partial charge is 0.261 e. The van der Waals surface area contributed by atoms with Gasteiger partial charge in [-0.25, -0.2) is 12.8 Å². The number of nitrogens with zero attached hydrogens (tertiary/aromatic N) is 2. The highest BCUT2D eigenvalue weighted by atomic mass is 32.2. The molecule has 1 aromatic heterocycles. The first-order valence-corrected chi connectivity index (χ1v) is 10.9. The molecular weight excluding hydrogens is 407 g/mol. The summed E-state index contributed by atoms with van der Waals surface area (Å²) in [6, 6.07) is 12.8. The molecule has 0 spiro atoms. The highest BCUT2D eigenvalue weighted by Gasteiger charge is 2.18. The Morgan fingerprint density at radius 3 is 2.47 bits per heavy atom. The average Bonchev–Trinajstić information content (AvgIpc) is 3.02. The predicted octanol–water partition coefficient (Wildman–Crippen LogP) is 3.26. The van der Waals surface area contributed by atoms with Crippen LogP contribution in [-0.4, -0.2) is 30.7 Å². The number of para-hydroxylation sites is 1. The Hall–Kier alpha value is -3.20. The van der Waals surface area contributed by atoms with Crippen LogP contribution in [0.25, 0.3) is 0 Å². The lowest BCUT2D eigenvalue weighted by Gasteiger charge is -2.13. The van der Waals surface area contributed by atoms with Gasteiger partial charge in [-0.1, -0.05) is 12.1 Å². The maximum Gasteiger partial charge on any atom is 0.261 e. The van der Waals surface area contributed by atoms with Crippen LogP contribution in [0.3, 0.4) is 0 Å². The van der Waals surface area contributed by atoms with Crippen LogP contribution in [0.4, 0.5) is 10.1 Å². The number of sulfonamides is 1. The van der Waals surface area contributed by atoms with Crippen LogP contribution < -0.4 is 10.0 Å². The van der Waals surface area contributed by atoms with Crippen molar-refractivity contribution in [2.45, 2.75) is 31.7 Å². The van der Waals surface area contributed by atoms with Crippen LogP contribution in [0.5, 0.6) is 0 Å². The van der Waals surface area contributed by atoms with Crippen LogP contribution in [-0.2, 0) is 16.6 Å². The summed E-state index contributed by atoms with van der Waals surface area (Å²) in [5, 5.41) is 7.18. The van der Waals surface area contributed by atoms with E-state index >= 15 is 0 Å². The van der Waals surface area contributed by atoms with Gasteiger partial charge in [-0.05, 0) is 62.7 Å². The molecule has 0 fully saturated rings. The molecule has 30 heavy (non-hydrogen) atoms. The minimum absolute atomic E-state index is 0.0935. The molecule has 0 saturated heterocycles. The molecule has 0 radical (unpaired) electrons. The summed E-state index contributed by atoms with van der Waals surface area (Å²) in [6.07, 6.45) is 0.678. The van der Waals surface area contributed by atoms with Gasteiger partial charge in [-0.15, -0.1) is 0 Å². The summed E-state index contributed by atoms with van der Waals surface area (Å²) < 4.78 is 42.5. The van der Waals surface area contributed by atoms with Crippen molar-refractivity contribution in [1.82, 2.24) is 15.1 Å². The lowest BCUT2D eigenvalue weighted by atomic mass is 10.1. The third kappa shape index (κ3) is 5.24. The Kier molecular flexibility index (Phi) is 6.51. The number of benzene rings is 2. The zero-order valence-corrected chi connectivity index (χ0v) is 17.5. The first-order valence-electron chi connectivity index (χ1n) is 9.43. The Labute approximate surface area is 175 Å². The highest BCUT2D eigenvalue weighted by Crippen LogP contribution is 2.20. The number of hydrogen-bond donors (Lipinski definition) is 2. The number of anilines is 1. The first kappa shape index (κ1) is 21.5. The van der Waals surface area contributed by atoms with Crippen molar-refractivity contribution in [1.29, 1.82) is 0 Å². The average molecular weight is 431 g/mol. The summed E-state index contributed by atoms with van der Waals surface area (Å²) in [4.78, 5) is 12.5. The molecule has 3 aromatic rings. The van der Waals surface area contributed by atoms with Gasteiger partial charge in [0.25, 0.3) is 15.9 Å². The van der Waals surface area contributed by atoms with Crippen molar-refractivity contribution < 1.29 is 17.6 Å². The van der Waals surface area contributed by atoms with Gasteiger partial charge in [-0.2, -0.15) is 5.10 Å². The normalized spacial score (nSPS) is 11.3. The van der Waals surface area contributed by atoms with Crippen molar-refractivity contribution >= 4 is 21.6 Å². The molecule has 7 nitrogen and oxygen atoms in total. The monoisotopic (exact) mass is 430 g/mol. The van der Waals surface area contributed by atoms with Gasteiger partial charge >= 0.3 is 0 Å². The maximum absolute atomic E-state index is 13.1. The SMILES string of the molecule is Cc1cc(C)n(CCCNC(=O)c2ccccc2NS(=O)(=O)c2ccc(F)cc2)n1. The van der Waals surface area contributed by atoms with E-state index in [0.29, 0.717) is 19.5 Å². The van der Waals surface area contributed by atoms with Gasteiger partial charge in [0.1, 0.15) is 5.82 Å². The van der Waals surface area contributed by atoms with Crippen molar-refractivity contribution in [2.75, 3.05) is 11.3 Å². The summed E-state index contributed by atoms with van der Waals surface area (Å²) in [5.74, 6) is -0.921. The molecule has 0 unspecified atom stereocenters. The summed E-state index contributed by atoms with van der Waals surface area (Å²) in [6.45, 7) is 4.98. The molecule has 0 bridgehead atoms. The second-order valence-electron chi connectivity index (χ2n) is 6.86. The van der Waals surface area contributed by atoms with Crippen molar-refractivity contribution in [2.24, 2.45) is 0 Å². The van der Waals surface area contributed by atoms with Gasteiger partial charge in [0, 0.05) is 18.8 Å².